The summed E-state index contributed by atoms with van der Waals surface area (Å²) >= 11 is 0. The SMILES string of the molecule is CCn1ccnc1C(=O)NC1CC2(CN(C(=O)C3(C(C)C)CC3)C2)n2ccnc21. The highest BCUT2D eigenvalue weighted by molar-refractivity contribution is 5.91. The van der Waals surface area contributed by atoms with Crippen LogP contribution in [0.25, 0.3) is 0 Å². The maximum absolute atomic E-state index is 13.0. The molecule has 2 fully saturated rings. The van der Waals surface area contributed by atoms with Crippen LogP contribution in [0.5, 0.6) is 0 Å². The Labute approximate surface area is 170 Å². The molecule has 2 aromatic heterocycles. The van der Waals surface area contributed by atoms with E-state index in [1.165, 1.54) is 0 Å². The summed E-state index contributed by atoms with van der Waals surface area (Å²) in [7, 11) is 0. The zero-order valence-corrected chi connectivity index (χ0v) is 17.3. The van der Waals surface area contributed by atoms with Gasteiger partial charge in [0.2, 0.25) is 5.91 Å². The number of amides is 2. The number of hydrogen-bond acceptors (Lipinski definition) is 4. The first-order valence-corrected chi connectivity index (χ1v) is 10.6. The Bertz CT molecular complexity index is 963. The number of carbonyl (C=O) groups excluding carboxylic acids is 2. The van der Waals surface area contributed by atoms with E-state index in [0.717, 1.165) is 25.1 Å². The van der Waals surface area contributed by atoms with Gasteiger partial charge in [0.05, 0.1) is 17.0 Å². The van der Waals surface area contributed by atoms with Gasteiger partial charge in [0.25, 0.3) is 5.91 Å². The second-order valence-corrected chi connectivity index (χ2v) is 9.12. The van der Waals surface area contributed by atoms with Crippen LogP contribution in [0.1, 0.15) is 62.5 Å². The Morgan fingerprint density at radius 2 is 1.93 bits per heavy atom. The molecule has 1 unspecified atom stereocenters. The molecule has 8 heteroatoms. The van der Waals surface area contributed by atoms with Gasteiger partial charge in [-0.05, 0) is 25.7 Å². The largest absolute Gasteiger partial charge is 0.339 e. The van der Waals surface area contributed by atoms with Crippen molar-refractivity contribution in [3.8, 4) is 0 Å². The summed E-state index contributed by atoms with van der Waals surface area (Å²) in [5.41, 5.74) is -0.296. The molecule has 2 aliphatic heterocycles. The molecule has 29 heavy (non-hydrogen) atoms. The molecular weight excluding hydrogens is 368 g/mol. The van der Waals surface area contributed by atoms with Crippen molar-refractivity contribution < 1.29 is 9.59 Å². The quantitative estimate of drug-likeness (QED) is 0.837. The highest BCUT2D eigenvalue weighted by atomic mass is 16.2. The number of rotatable bonds is 5. The third-order valence-corrected chi connectivity index (χ3v) is 7.22. The van der Waals surface area contributed by atoms with Crippen LogP contribution in [0.3, 0.4) is 0 Å². The van der Waals surface area contributed by atoms with Crippen molar-refractivity contribution in [2.45, 2.75) is 58.2 Å². The van der Waals surface area contributed by atoms with Crippen LogP contribution >= 0.6 is 0 Å². The van der Waals surface area contributed by atoms with Crippen LogP contribution in [0.2, 0.25) is 0 Å². The van der Waals surface area contributed by atoms with Gasteiger partial charge in [-0.2, -0.15) is 0 Å². The lowest BCUT2D eigenvalue weighted by Crippen LogP contribution is -2.64. The summed E-state index contributed by atoms with van der Waals surface area (Å²) in [5.74, 6) is 1.79. The van der Waals surface area contributed by atoms with E-state index in [4.69, 9.17) is 0 Å². The maximum atomic E-state index is 13.0. The zero-order chi connectivity index (χ0) is 20.4. The third-order valence-electron chi connectivity index (χ3n) is 7.22. The van der Waals surface area contributed by atoms with Gasteiger partial charge in [-0.25, -0.2) is 9.97 Å². The smallest absolute Gasteiger partial charge is 0.287 e. The number of aryl methyl sites for hydroxylation is 1. The minimum Gasteiger partial charge on any atom is -0.339 e. The fourth-order valence-electron chi connectivity index (χ4n) is 5.23. The topological polar surface area (TPSA) is 85.0 Å². The van der Waals surface area contributed by atoms with Crippen molar-refractivity contribution in [2.24, 2.45) is 11.3 Å². The number of nitrogens with zero attached hydrogens (tertiary/aromatic N) is 5. The molecule has 8 nitrogen and oxygen atoms in total. The molecule has 2 aromatic rings. The predicted molar refractivity (Wildman–Crippen MR) is 106 cm³/mol. The third kappa shape index (κ3) is 2.57. The highest BCUT2D eigenvalue weighted by Crippen LogP contribution is 2.55. The van der Waals surface area contributed by atoms with E-state index in [1.54, 1.807) is 12.4 Å². The van der Waals surface area contributed by atoms with Gasteiger partial charge >= 0.3 is 0 Å². The molecule has 5 rings (SSSR count). The average molecular weight is 396 g/mol. The Kier molecular flexibility index (Phi) is 3.92. The monoisotopic (exact) mass is 396 g/mol. The van der Waals surface area contributed by atoms with Crippen molar-refractivity contribution in [3.05, 3.63) is 36.4 Å². The molecule has 1 atom stereocenters. The molecule has 1 saturated heterocycles. The van der Waals surface area contributed by atoms with E-state index in [9.17, 15) is 9.59 Å². The first-order valence-electron chi connectivity index (χ1n) is 10.6. The van der Waals surface area contributed by atoms with Gasteiger partial charge in [0.1, 0.15) is 5.82 Å². The van der Waals surface area contributed by atoms with E-state index in [2.05, 4.69) is 33.7 Å². The van der Waals surface area contributed by atoms with Crippen molar-refractivity contribution in [2.75, 3.05) is 13.1 Å². The molecule has 0 bridgehead atoms. The number of nitrogens with one attached hydrogen (secondary N) is 1. The van der Waals surface area contributed by atoms with Crippen LogP contribution < -0.4 is 5.32 Å². The summed E-state index contributed by atoms with van der Waals surface area (Å²) < 4.78 is 4.00. The normalized spacial score (nSPS) is 23.2. The molecule has 1 N–H and O–H groups in total. The summed E-state index contributed by atoms with van der Waals surface area (Å²) in [6.07, 6.45) is 9.98. The Hall–Kier alpha value is -2.64. The lowest BCUT2D eigenvalue weighted by atomic mass is 9.82. The van der Waals surface area contributed by atoms with Gasteiger partial charge in [-0.3, -0.25) is 9.59 Å². The van der Waals surface area contributed by atoms with Crippen LogP contribution in [0.15, 0.2) is 24.8 Å². The van der Waals surface area contributed by atoms with Gasteiger partial charge in [0.15, 0.2) is 5.82 Å². The summed E-state index contributed by atoms with van der Waals surface area (Å²) in [6.45, 7) is 8.37. The molecule has 0 aromatic carbocycles. The van der Waals surface area contributed by atoms with Crippen molar-refractivity contribution in [1.82, 2.24) is 29.3 Å². The Balaban J connectivity index is 1.31. The minimum atomic E-state index is -0.183. The number of fused-ring (bicyclic) bond motifs is 2. The van der Waals surface area contributed by atoms with Crippen molar-refractivity contribution in [3.63, 3.8) is 0 Å². The lowest BCUT2D eigenvalue weighted by molar-refractivity contribution is -0.149. The molecule has 1 aliphatic carbocycles. The second-order valence-electron chi connectivity index (χ2n) is 9.12. The van der Waals surface area contributed by atoms with Gasteiger partial charge in [-0.1, -0.05) is 13.8 Å². The number of imidazole rings is 2. The second kappa shape index (κ2) is 6.18. The maximum Gasteiger partial charge on any atom is 0.287 e. The summed E-state index contributed by atoms with van der Waals surface area (Å²) in [6, 6.07) is -0.170. The van der Waals surface area contributed by atoms with Gasteiger partial charge in [-0.15, -0.1) is 0 Å². The first-order chi connectivity index (χ1) is 13.9. The molecule has 2 amide bonds. The van der Waals surface area contributed by atoms with E-state index in [-0.39, 0.29) is 22.9 Å². The molecule has 0 radical (unpaired) electrons. The standard InChI is InChI=1S/C21H28N6O2/c1-4-25-9-7-23-17(25)18(28)24-15-11-20(27-10-8-22-16(15)27)12-26(13-20)19(29)21(5-6-21)14(2)3/h7-10,14-15H,4-6,11-13H2,1-3H3,(H,24,28). The Morgan fingerprint density at radius 1 is 1.21 bits per heavy atom. The van der Waals surface area contributed by atoms with Crippen LogP contribution in [-0.2, 0) is 16.9 Å². The number of hydrogen-bond donors (Lipinski definition) is 1. The predicted octanol–water partition coefficient (Wildman–Crippen LogP) is 1.95. The zero-order valence-electron chi connectivity index (χ0n) is 17.3. The van der Waals surface area contributed by atoms with E-state index < -0.39 is 0 Å². The van der Waals surface area contributed by atoms with E-state index in [0.29, 0.717) is 37.3 Å². The molecule has 4 heterocycles. The van der Waals surface area contributed by atoms with E-state index in [1.807, 2.05) is 28.8 Å². The molecule has 154 valence electrons. The fraction of sp³-hybridized carbons (Fsp3) is 0.619. The number of aromatic nitrogens is 4. The van der Waals surface area contributed by atoms with Crippen LogP contribution in [0, 0.1) is 11.3 Å². The highest BCUT2D eigenvalue weighted by Gasteiger charge is 2.60. The summed E-state index contributed by atoms with van der Waals surface area (Å²) in [5, 5.41) is 3.12. The first kappa shape index (κ1) is 18.4. The average Bonchev–Trinajstić information content (AvgIpc) is 3.03. The van der Waals surface area contributed by atoms with E-state index >= 15 is 0 Å². The molecular formula is C21H28N6O2. The number of carbonyl (C=O) groups is 2. The molecule has 1 spiro atoms. The van der Waals surface area contributed by atoms with Crippen LogP contribution in [0.4, 0.5) is 0 Å². The Morgan fingerprint density at radius 3 is 2.59 bits per heavy atom. The van der Waals surface area contributed by atoms with Crippen LogP contribution in [-0.4, -0.2) is 48.9 Å². The van der Waals surface area contributed by atoms with Gasteiger partial charge < -0.3 is 19.4 Å². The molecule has 3 aliphatic rings. The van der Waals surface area contributed by atoms with Gasteiger partial charge in [0, 0.05) is 50.8 Å². The van der Waals surface area contributed by atoms with Crippen molar-refractivity contribution in [1.29, 1.82) is 0 Å². The summed E-state index contributed by atoms with van der Waals surface area (Å²) in [4.78, 5) is 36.5. The van der Waals surface area contributed by atoms with Crippen molar-refractivity contribution >= 4 is 11.8 Å². The number of likely N-dealkylation sites (tertiary alicyclic amines) is 1. The molecule has 1 saturated carbocycles. The fourth-order valence-corrected chi connectivity index (χ4v) is 5.23. The lowest BCUT2D eigenvalue weighted by Gasteiger charge is -2.50. The minimum absolute atomic E-state index is 0.136.